The van der Waals surface area contributed by atoms with Gasteiger partial charge in [-0.05, 0) is 36.7 Å². The van der Waals surface area contributed by atoms with E-state index in [2.05, 4.69) is 6.58 Å². The van der Waals surface area contributed by atoms with Crippen molar-refractivity contribution in [1.82, 2.24) is 5.01 Å². The van der Waals surface area contributed by atoms with Gasteiger partial charge in [-0.1, -0.05) is 36.5 Å². The predicted octanol–water partition coefficient (Wildman–Crippen LogP) is 3.60. The van der Waals surface area contributed by atoms with E-state index in [4.69, 9.17) is 16.3 Å². The summed E-state index contributed by atoms with van der Waals surface area (Å²) in [5.41, 5.74) is 6.79. The van der Waals surface area contributed by atoms with Crippen LogP contribution < -0.4 is 16.3 Å². The third-order valence-corrected chi connectivity index (χ3v) is 6.49. The van der Waals surface area contributed by atoms with Crippen LogP contribution in [-0.2, 0) is 9.67 Å². The second-order valence-electron chi connectivity index (χ2n) is 6.85. The number of hydrogen-bond acceptors (Lipinski definition) is 5. The van der Waals surface area contributed by atoms with Crippen molar-refractivity contribution >= 4 is 22.6 Å². The normalized spacial score (nSPS) is 20.5. The molecule has 2 aromatic carbocycles. The summed E-state index contributed by atoms with van der Waals surface area (Å²) in [7, 11) is 0. The van der Waals surface area contributed by atoms with E-state index in [1.165, 1.54) is 30.8 Å². The number of carbonyl (C=O) groups excluding carboxylic acids is 1. The largest absolute Gasteiger partial charge is 0.493 e. The van der Waals surface area contributed by atoms with Gasteiger partial charge in [0.05, 0.1) is 6.61 Å². The Morgan fingerprint density at radius 1 is 1.31 bits per heavy atom. The molecule has 0 aromatic heterocycles. The summed E-state index contributed by atoms with van der Waals surface area (Å²) in [5, 5.41) is 1.15. The lowest BCUT2D eigenvalue weighted by Gasteiger charge is -2.49. The number of nitrogens with zero attached hydrogens (tertiary/aromatic N) is 1. The molecule has 2 atom stereocenters. The van der Waals surface area contributed by atoms with Gasteiger partial charge >= 0.3 is 0 Å². The minimum atomic E-state index is -1.10. The van der Waals surface area contributed by atoms with Crippen LogP contribution in [0, 0.1) is 17.6 Å². The zero-order valence-electron chi connectivity index (χ0n) is 16.0. The van der Waals surface area contributed by atoms with E-state index in [9.17, 15) is 13.6 Å². The van der Waals surface area contributed by atoms with E-state index in [1.807, 2.05) is 18.2 Å². The highest BCUT2D eigenvalue weighted by atomic mass is 32.2. The number of hydrogen-bond donors (Lipinski definition) is 2. The van der Waals surface area contributed by atoms with E-state index in [1.54, 1.807) is 6.07 Å². The summed E-state index contributed by atoms with van der Waals surface area (Å²) in [6.45, 7) is 6.02. The predicted molar refractivity (Wildman–Crippen MR) is 110 cm³/mol. The summed E-state index contributed by atoms with van der Waals surface area (Å²) in [6.07, 6.45) is 0.521. The summed E-state index contributed by atoms with van der Waals surface area (Å²) < 4.78 is 33.4. The number of para-hydroxylation sites is 1. The van der Waals surface area contributed by atoms with Crippen LogP contribution in [0.5, 0.6) is 5.75 Å². The first-order valence-electron chi connectivity index (χ1n) is 9.11. The number of benzene rings is 2. The van der Waals surface area contributed by atoms with Gasteiger partial charge in [0, 0.05) is 29.4 Å². The molecular formula is C21H23F2N3O2S. The van der Waals surface area contributed by atoms with Gasteiger partial charge < -0.3 is 10.5 Å². The molecule has 4 N–H and O–H groups in total. The SMILES string of the molecule is C=C(S[C@]1(N(N)C(C)=O)c2ccccc2OC[C@@H]1CCN)c1cc(F)cc(F)c1. The molecule has 3 rings (SSSR count). The average molecular weight is 419 g/mol. The van der Waals surface area contributed by atoms with E-state index < -0.39 is 16.5 Å². The van der Waals surface area contributed by atoms with Gasteiger partial charge in [-0.15, -0.1) is 0 Å². The van der Waals surface area contributed by atoms with Crippen molar-refractivity contribution in [1.29, 1.82) is 0 Å². The second kappa shape index (κ2) is 8.52. The summed E-state index contributed by atoms with van der Waals surface area (Å²) in [6, 6.07) is 10.5. The molecule has 1 aliphatic heterocycles. The van der Waals surface area contributed by atoms with Gasteiger partial charge in [-0.2, -0.15) is 0 Å². The highest BCUT2D eigenvalue weighted by Crippen LogP contribution is 2.55. The van der Waals surface area contributed by atoms with Crippen LogP contribution in [0.4, 0.5) is 8.78 Å². The molecule has 0 spiro atoms. The number of thioether (sulfide) groups is 1. The Kier molecular flexibility index (Phi) is 6.26. The van der Waals surface area contributed by atoms with Crippen LogP contribution in [-0.4, -0.2) is 24.1 Å². The van der Waals surface area contributed by atoms with Crippen molar-refractivity contribution in [2.75, 3.05) is 13.2 Å². The van der Waals surface area contributed by atoms with E-state index >= 15 is 0 Å². The lowest BCUT2D eigenvalue weighted by atomic mass is 9.86. The molecule has 0 bridgehead atoms. The van der Waals surface area contributed by atoms with Crippen LogP contribution >= 0.6 is 11.8 Å². The van der Waals surface area contributed by atoms with Gasteiger partial charge in [0.1, 0.15) is 22.3 Å². The number of amides is 1. The molecule has 0 saturated heterocycles. The first kappa shape index (κ1) is 21.3. The Hall–Kier alpha value is -2.42. The molecule has 154 valence electrons. The highest BCUT2D eigenvalue weighted by molar-refractivity contribution is 8.09. The lowest BCUT2D eigenvalue weighted by molar-refractivity contribution is -0.135. The van der Waals surface area contributed by atoms with Crippen molar-refractivity contribution in [3.63, 3.8) is 0 Å². The van der Waals surface area contributed by atoms with Gasteiger partial charge in [-0.3, -0.25) is 9.80 Å². The van der Waals surface area contributed by atoms with Crippen molar-refractivity contribution in [2.45, 2.75) is 18.2 Å². The number of halogens is 2. The van der Waals surface area contributed by atoms with E-state index in [0.717, 1.165) is 11.1 Å². The monoisotopic (exact) mass is 419 g/mol. The molecule has 8 heteroatoms. The standard InChI is InChI=1S/C21H23F2N3O2S/c1-13(15-9-17(22)11-18(23)10-15)29-21(26(25)14(2)27)16(7-8-24)12-28-20-6-4-3-5-19(20)21/h3-6,9-11,16H,1,7-8,12,24-25H2,2H3/t16-,21-/m0/s1. The van der Waals surface area contributed by atoms with Crippen LogP contribution in [0.3, 0.4) is 0 Å². The zero-order chi connectivity index (χ0) is 21.2. The Labute approximate surface area is 172 Å². The maximum Gasteiger partial charge on any atom is 0.235 e. The quantitative estimate of drug-likeness (QED) is 0.324. The number of ether oxygens (including phenoxy) is 1. The van der Waals surface area contributed by atoms with Crippen LogP contribution in [0.15, 0.2) is 49.0 Å². The van der Waals surface area contributed by atoms with Crippen LogP contribution in [0.2, 0.25) is 0 Å². The third-order valence-electron chi connectivity index (χ3n) is 4.94. The number of carbonyl (C=O) groups is 1. The van der Waals surface area contributed by atoms with Crippen LogP contribution in [0.25, 0.3) is 4.91 Å². The zero-order valence-corrected chi connectivity index (χ0v) is 16.8. The molecule has 0 fully saturated rings. The number of nitrogens with two attached hydrogens (primary N) is 2. The topological polar surface area (TPSA) is 81.6 Å². The first-order chi connectivity index (χ1) is 13.8. The number of rotatable bonds is 6. The van der Waals surface area contributed by atoms with Crippen molar-refractivity contribution < 1.29 is 18.3 Å². The minimum Gasteiger partial charge on any atom is -0.493 e. The highest BCUT2D eigenvalue weighted by Gasteiger charge is 2.51. The second-order valence-corrected chi connectivity index (χ2v) is 8.17. The smallest absolute Gasteiger partial charge is 0.235 e. The van der Waals surface area contributed by atoms with Crippen molar-refractivity contribution in [3.8, 4) is 5.75 Å². The Morgan fingerprint density at radius 2 is 1.97 bits per heavy atom. The Bertz CT molecular complexity index is 920. The minimum absolute atomic E-state index is 0.267. The fraction of sp³-hybridized carbons (Fsp3) is 0.286. The molecule has 0 radical (unpaired) electrons. The molecule has 1 heterocycles. The summed E-state index contributed by atoms with van der Waals surface area (Å²) >= 11 is 1.18. The van der Waals surface area contributed by atoms with Gasteiger partial charge in [-0.25, -0.2) is 14.6 Å². The maximum absolute atomic E-state index is 13.8. The third kappa shape index (κ3) is 4.01. The average Bonchev–Trinajstić information content (AvgIpc) is 2.68. The molecule has 5 nitrogen and oxygen atoms in total. The number of hydrazine groups is 1. The fourth-order valence-electron chi connectivity index (χ4n) is 3.60. The van der Waals surface area contributed by atoms with Gasteiger partial charge in [0.2, 0.25) is 5.91 Å². The van der Waals surface area contributed by atoms with Gasteiger partial charge in [0.25, 0.3) is 0 Å². The van der Waals surface area contributed by atoms with Crippen LogP contribution in [0.1, 0.15) is 24.5 Å². The summed E-state index contributed by atoms with van der Waals surface area (Å²) in [5.74, 6) is 4.86. The van der Waals surface area contributed by atoms with Crippen molar-refractivity contribution in [2.24, 2.45) is 17.5 Å². The number of fused-ring (bicyclic) bond motifs is 1. The van der Waals surface area contributed by atoms with E-state index in [0.29, 0.717) is 29.2 Å². The Balaban J connectivity index is 2.16. The maximum atomic E-state index is 13.8. The Morgan fingerprint density at radius 3 is 2.59 bits per heavy atom. The van der Waals surface area contributed by atoms with Crippen molar-refractivity contribution in [3.05, 3.63) is 71.8 Å². The molecule has 0 saturated carbocycles. The fourth-order valence-corrected chi connectivity index (χ4v) is 5.07. The molecular weight excluding hydrogens is 396 g/mol. The molecule has 29 heavy (non-hydrogen) atoms. The molecule has 2 aromatic rings. The molecule has 1 amide bonds. The van der Waals surface area contributed by atoms with E-state index in [-0.39, 0.29) is 24.0 Å². The van der Waals surface area contributed by atoms with Gasteiger partial charge in [0.15, 0.2) is 0 Å². The molecule has 0 unspecified atom stereocenters. The first-order valence-corrected chi connectivity index (χ1v) is 9.93. The molecule has 0 aliphatic carbocycles. The molecule has 1 aliphatic rings. The summed E-state index contributed by atoms with van der Waals surface area (Å²) in [4.78, 5) is 11.7. The lowest BCUT2D eigenvalue weighted by Crippen LogP contribution is -2.58.